The highest BCUT2D eigenvalue weighted by atomic mass is 16.5. The van der Waals surface area contributed by atoms with Gasteiger partial charge in [-0.3, -0.25) is 9.89 Å². The topological polar surface area (TPSA) is 78.5 Å². The first-order valence-electron chi connectivity index (χ1n) is 9.72. The standard InChI is InChI=1S/C21H27N3O3/c1-14-12-17-18(15(2)27-14)22-23-19(17)20(26)24-10-8-21(13-25,9-11-24)16-6-4-3-5-7-16/h3-7,14-15,25H,8-13H2,1-2H3,(H,22,23)/t14-,15+/m1/s1. The third-order valence-electron chi connectivity index (χ3n) is 6.13. The number of hydrogen-bond donors (Lipinski definition) is 2. The lowest BCUT2D eigenvalue weighted by Crippen LogP contribution is -2.47. The van der Waals surface area contributed by atoms with Gasteiger partial charge in [-0.2, -0.15) is 5.10 Å². The number of benzene rings is 1. The van der Waals surface area contributed by atoms with E-state index in [1.54, 1.807) is 0 Å². The third kappa shape index (κ3) is 3.17. The monoisotopic (exact) mass is 369 g/mol. The van der Waals surface area contributed by atoms with Gasteiger partial charge in [0.2, 0.25) is 0 Å². The van der Waals surface area contributed by atoms with Crippen molar-refractivity contribution in [2.24, 2.45) is 0 Å². The number of aliphatic hydroxyl groups is 1. The molecule has 1 aromatic carbocycles. The van der Waals surface area contributed by atoms with Gasteiger partial charge >= 0.3 is 0 Å². The Labute approximate surface area is 159 Å². The zero-order valence-corrected chi connectivity index (χ0v) is 15.9. The number of aromatic nitrogens is 2. The number of piperidine rings is 1. The Hall–Kier alpha value is -2.18. The molecule has 0 spiro atoms. The van der Waals surface area contributed by atoms with E-state index in [9.17, 15) is 9.90 Å². The van der Waals surface area contributed by atoms with Gasteiger partial charge in [0.1, 0.15) is 0 Å². The fourth-order valence-electron chi connectivity index (χ4n) is 4.47. The van der Waals surface area contributed by atoms with E-state index in [2.05, 4.69) is 22.3 Å². The Morgan fingerprint density at radius 3 is 2.67 bits per heavy atom. The van der Waals surface area contributed by atoms with Gasteiger partial charge in [-0.25, -0.2) is 0 Å². The first-order chi connectivity index (χ1) is 13.0. The van der Waals surface area contributed by atoms with Crippen molar-refractivity contribution in [2.75, 3.05) is 19.7 Å². The van der Waals surface area contributed by atoms with Crippen LogP contribution in [-0.4, -0.2) is 51.9 Å². The van der Waals surface area contributed by atoms with Gasteiger partial charge in [0.25, 0.3) is 5.91 Å². The number of aromatic amines is 1. The van der Waals surface area contributed by atoms with Crippen LogP contribution < -0.4 is 0 Å². The lowest BCUT2D eigenvalue weighted by Gasteiger charge is -2.41. The summed E-state index contributed by atoms with van der Waals surface area (Å²) in [6, 6.07) is 10.1. The molecule has 1 fully saturated rings. The molecule has 0 radical (unpaired) electrons. The molecule has 3 heterocycles. The van der Waals surface area contributed by atoms with Crippen LogP contribution in [0.15, 0.2) is 30.3 Å². The molecule has 144 valence electrons. The van der Waals surface area contributed by atoms with Crippen LogP contribution in [-0.2, 0) is 16.6 Å². The minimum absolute atomic E-state index is 0.0200. The van der Waals surface area contributed by atoms with Crippen LogP contribution >= 0.6 is 0 Å². The number of likely N-dealkylation sites (tertiary alicyclic amines) is 1. The average molecular weight is 369 g/mol. The van der Waals surface area contributed by atoms with E-state index >= 15 is 0 Å². The van der Waals surface area contributed by atoms with Crippen LogP contribution in [0.4, 0.5) is 0 Å². The summed E-state index contributed by atoms with van der Waals surface area (Å²) in [6.07, 6.45) is 2.22. The zero-order valence-electron chi connectivity index (χ0n) is 15.9. The molecule has 4 rings (SSSR count). The average Bonchev–Trinajstić information content (AvgIpc) is 3.12. The first kappa shape index (κ1) is 18.2. The van der Waals surface area contributed by atoms with E-state index < -0.39 is 0 Å². The summed E-state index contributed by atoms with van der Waals surface area (Å²) in [7, 11) is 0. The molecule has 6 nitrogen and oxygen atoms in total. The molecule has 2 aliphatic rings. The number of ether oxygens (including phenoxy) is 1. The van der Waals surface area contributed by atoms with Gasteiger partial charge in [0.15, 0.2) is 5.69 Å². The van der Waals surface area contributed by atoms with Crippen molar-refractivity contribution >= 4 is 5.91 Å². The predicted molar refractivity (Wildman–Crippen MR) is 102 cm³/mol. The number of rotatable bonds is 3. The van der Waals surface area contributed by atoms with Gasteiger partial charge in [-0.05, 0) is 32.3 Å². The molecule has 0 unspecified atom stereocenters. The number of nitrogens with zero attached hydrogens (tertiary/aromatic N) is 2. The van der Waals surface area contributed by atoms with Crippen LogP contribution in [0.5, 0.6) is 0 Å². The van der Waals surface area contributed by atoms with E-state index in [0.717, 1.165) is 29.7 Å². The fraction of sp³-hybridized carbons (Fsp3) is 0.524. The van der Waals surface area contributed by atoms with Gasteiger partial charge in [-0.1, -0.05) is 30.3 Å². The number of amides is 1. The van der Waals surface area contributed by atoms with Crippen molar-refractivity contribution in [3.05, 3.63) is 52.8 Å². The molecule has 2 aromatic rings. The van der Waals surface area contributed by atoms with Crippen LogP contribution in [0, 0.1) is 0 Å². The molecular weight excluding hydrogens is 342 g/mol. The van der Waals surface area contributed by atoms with Crippen molar-refractivity contribution in [3.8, 4) is 0 Å². The highest BCUT2D eigenvalue weighted by Crippen LogP contribution is 2.36. The van der Waals surface area contributed by atoms with E-state index in [0.29, 0.717) is 25.2 Å². The second-order valence-corrected chi connectivity index (χ2v) is 7.85. The molecule has 6 heteroatoms. The highest BCUT2D eigenvalue weighted by molar-refractivity contribution is 5.94. The quantitative estimate of drug-likeness (QED) is 0.872. The second kappa shape index (κ2) is 7.09. The van der Waals surface area contributed by atoms with Crippen molar-refractivity contribution in [2.45, 2.75) is 50.7 Å². The first-order valence-corrected chi connectivity index (χ1v) is 9.72. The second-order valence-electron chi connectivity index (χ2n) is 7.85. The summed E-state index contributed by atoms with van der Waals surface area (Å²) < 4.78 is 5.82. The minimum Gasteiger partial charge on any atom is -0.395 e. The summed E-state index contributed by atoms with van der Waals surface area (Å²) >= 11 is 0. The summed E-state index contributed by atoms with van der Waals surface area (Å²) in [4.78, 5) is 15.0. The Bertz CT molecular complexity index is 809. The molecule has 1 amide bonds. The van der Waals surface area contributed by atoms with E-state index in [-0.39, 0.29) is 30.1 Å². The predicted octanol–water partition coefficient (Wildman–Crippen LogP) is 2.60. The van der Waals surface area contributed by atoms with Crippen molar-refractivity contribution in [1.29, 1.82) is 0 Å². The number of nitrogens with one attached hydrogen (secondary N) is 1. The molecule has 0 saturated carbocycles. The van der Waals surface area contributed by atoms with Crippen LogP contribution in [0.25, 0.3) is 0 Å². The molecular formula is C21H27N3O3. The zero-order chi connectivity index (χ0) is 19.0. The Morgan fingerprint density at radius 1 is 1.30 bits per heavy atom. The van der Waals surface area contributed by atoms with Crippen molar-refractivity contribution in [3.63, 3.8) is 0 Å². The lowest BCUT2D eigenvalue weighted by molar-refractivity contribution is -0.00704. The van der Waals surface area contributed by atoms with Crippen molar-refractivity contribution in [1.82, 2.24) is 15.1 Å². The lowest BCUT2D eigenvalue weighted by atomic mass is 9.73. The third-order valence-corrected chi connectivity index (χ3v) is 6.13. The highest BCUT2D eigenvalue weighted by Gasteiger charge is 2.38. The summed E-state index contributed by atoms with van der Waals surface area (Å²) in [6.45, 7) is 5.35. The largest absolute Gasteiger partial charge is 0.395 e. The fourth-order valence-corrected chi connectivity index (χ4v) is 4.47. The van der Waals surface area contributed by atoms with Gasteiger partial charge in [0.05, 0.1) is 24.5 Å². The number of hydrogen-bond acceptors (Lipinski definition) is 4. The number of aliphatic hydroxyl groups excluding tert-OH is 1. The molecule has 0 aliphatic carbocycles. The Morgan fingerprint density at radius 2 is 2.00 bits per heavy atom. The number of H-pyrrole nitrogens is 1. The van der Waals surface area contributed by atoms with Crippen LogP contribution in [0.3, 0.4) is 0 Å². The smallest absolute Gasteiger partial charge is 0.274 e. The normalized spacial score (nSPS) is 24.5. The van der Waals surface area contributed by atoms with Gasteiger partial charge < -0.3 is 14.7 Å². The van der Waals surface area contributed by atoms with Crippen molar-refractivity contribution < 1.29 is 14.6 Å². The summed E-state index contributed by atoms with van der Waals surface area (Å²) in [5.41, 5.74) is 3.33. The molecule has 2 atom stereocenters. The van der Waals surface area contributed by atoms with E-state index in [1.165, 1.54) is 0 Å². The SMILES string of the molecule is C[C@@H]1Cc2c(C(=O)N3CCC(CO)(c4ccccc4)CC3)n[nH]c2[C@H](C)O1. The number of carbonyl (C=O) groups is 1. The molecule has 1 saturated heterocycles. The number of carbonyl (C=O) groups excluding carboxylic acids is 1. The molecule has 2 N–H and O–H groups in total. The maximum Gasteiger partial charge on any atom is 0.274 e. The molecule has 2 aliphatic heterocycles. The van der Waals surface area contributed by atoms with E-state index in [4.69, 9.17) is 4.74 Å². The van der Waals surface area contributed by atoms with Crippen LogP contribution in [0.2, 0.25) is 0 Å². The van der Waals surface area contributed by atoms with Gasteiger partial charge in [-0.15, -0.1) is 0 Å². The molecule has 1 aromatic heterocycles. The summed E-state index contributed by atoms with van der Waals surface area (Å²) in [5.74, 6) is -0.0200. The Balaban J connectivity index is 1.51. The maximum atomic E-state index is 13.1. The van der Waals surface area contributed by atoms with E-state index in [1.807, 2.05) is 36.9 Å². The molecule has 0 bridgehead atoms. The summed E-state index contributed by atoms with van der Waals surface area (Å²) in [5, 5.41) is 17.4. The molecule has 27 heavy (non-hydrogen) atoms. The maximum absolute atomic E-state index is 13.1. The minimum atomic E-state index is -0.264. The van der Waals surface area contributed by atoms with Crippen LogP contribution in [0.1, 0.15) is 60.1 Å². The Kier molecular flexibility index (Phi) is 4.78. The number of fused-ring (bicyclic) bond motifs is 1. The van der Waals surface area contributed by atoms with Gasteiger partial charge in [0, 0.05) is 30.5 Å².